The molecule has 1 heterocycles. The van der Waals surface area contributed by atoms with Crippen LogP contribution < -0.4 is 5.32 Å². The first-order valence-corrected chi connectivity index (χ1v) is 8.49. The van der Waals surface area contributed by atoms with E-state index in [0.29, 0.717) is 16.6 Å². The average Bonchev–Trinajstić information content (AvgIpc) is 3.03. The SMILES string of the molecule is O=C(/C=C/c1ccccc1)Nc1nnc(Cc2ccc(Cl)cc2)s1. The smallest absolute Gasteiger partial charge is 0.250 e. The molecule has 3 rings (SSSR count). The minimum atomic E-state index is -0.229. The van der Waals surface area contributed by atoms with Gasteiger partial charge in [-0.1, -0.05) is 65.4 Å². The number of aromatic nitrogens is 2. The van der Waals surface area contributed by atoms with Gasteiger partial charge in [0.1, 0.15) is 5.01 Å². The topological polar surface area (TPSA) is 54.9 Å². The Kier molecular flexibility index (Phi) is 5.36. The quantitative estimate of drug-likeness (QED) is 0.688. The third-order valence-electron chi connectivity index (χ3n) is 3.19. The highest BCUT2D eigenvalue weighted by Crippen LogP contribution is 2.19. The minimum Gasteiger partial charge on any atom is -0.297 e. The molecule has 0 unspecified atom stereocenters. The molecule has 0 saturated heterocycles. The first-order valence-electron chi connectivity index (χ1n) is 7.30. The second-order valence-electron chi connectivity index (χ2n) is 5.04. The summed E-state index contributed by atoms with van der Waals surface area (Å²) in [5, 5.41) is 12.9. The van der Waals surface area contributed by atoms with E-state index in [9.17, 15) is 4.79 Å². The number of hydrogen-bond donors (Lipinski definition) is 1. The van der Waals surface area contributed by atoms with E-state index >= 15 is 0 Å². The van der Waals surface area contributed by atoms with Crippen molar-refractivity contribution in [1.82, 2.24) is 10.2 Å². The largest absolute Gasteiger partial charge is 0.297 e. The molecule has 0 fully saturated rings. The maximum atomic E-state index is 11.9. The van der Waals surface area contributed by atoms with Crippen LogP contribution in [0.15, 0.2) is 60.7 Å². The fraction of sp³-hybridized carbons (Fsp3) is 0.0556. The Morgan fingerprint density at radius 2 is 1.83 bits per heavy atom. The van der Waals surface area contributed by atoms with Crippen molar-refractivity contribution < 1.29 is 4.79 Å². The van der Waals surface area contributed by atoms with Crippen LogP contribution in [0.2, 0.25) is 5.02 Å². The van der Waals surface area contributed by atoms with Crippen LogP contribution in [-0.2, 0) is 11.2 Å². The Morgan fingerprint density at radius 1 is 1.08 bits per heavy atom. The van der Waals surface area contributed by atoms with Crippen molar-refractivity contribution in [2.24, 2.45) is 0 Å². The molecule has 120 valence electrons. The van der Waals surface area contributed by atoms with Crippen LogP contribution >= 0.6 is 22.9 Å². The van der Waals surface area contributed by atoms with Gasteiger partial charge in [-0.3, -0.25) is 10.1 Å². The van der Waals surface area contributed by atoms with E-state index in [4.69, 9.17) is 11.6 Å². The summed E-state index contributed by atoms with van der Waals surface area (Å²) >= 11 is 7.23. The summed E-state index contributed by atoms with van der Waals surface area (Å²) in [5.74, 6) is -0.229. The summed E-state index contributed by atoms with van der Waals surface area (Å²) in [5.41, 5.74) is 2.06. The number of rotatable bonds is 5. The Bertz CT molecular complexity index is 844. The predicted octanol–water partition coefficient (Wildman–Crippen LogP) is 4.43. The van der Waals surface area contributed by atoms with E-state index in [1.54, 1.807) is 6.08 Å². The van der Waals surface area contributed by atoms with Crippen LogP contribution in [-0.4, -0.2) is 16.1 Å². The number of hydrogen-bond acceptors (Lipinski definition) is 4. The maximum absolute atomic E-state index is 11.9. The Morgan fingerprint density at radius 3 is 2.58 bits per heavy atom. The normalized spacial score (nSPS) is 10.9. The highest BCUT2D eigenvalue weighted by molar-refractivity contribution is 7.15. The van der Waals surface area contributed by atoms with Crippen molar-refractivity contribution in [2.45, 2.75) is 6.42 Å². The van der Waals surface area contributed by atoms with Gasteiger partial charge < -0.3 is 0 Å². The zero-order valence-corrected chi connectivity index (χ0v) is 14.2. The maximum Gasteiger partial charge on any atom is 0.250 e. The van der Waals surface area contributed by atoms with Crippen molar-refractivity contribution in [3.8, 4) is 0 Å². The van der Waals surface area contributed by atoms with Crippen LogP contribution in [0.5, 0.6) is 0 Å². The van der Waals surface area contributed by atoms with Crippen LogP contribution in [0.4, 0.5) is 5.13 Å². The monoisotopic (exact) mass is 355 g/mol. The number of anilines is 1. The highest BCUT2D eigenvalue weighted by Gasteiger charge is 2.07. The molecule has 24 heavy (non-hydrogen) atoms. The van der Waals surface area contributed by atoms with Crippen molar-refractivity contribution in [2.75, 3.05) is 5.32 Å². The second-order valence-corrected chi connectivity index (χ2v) is 6.54. The van der Waals surface area contributed by atoms with E-state index < -0.39 is 0 Å². The molecule has 0 saturated carbocycles. The van der Waals surface area contributed by atoms with Gasteiger partial charge in [0.05, 0.1) is 0 Å². The van der Waals surface area contributed by atoms with E-state index in [-0.39, 0.29) is 5.91 Å². The lowest BCUT2D eigenvalue weighted by molar-refractivity contribution is -0.111. The molecule has 0 radical (unpaired) electrons. The first kappa shape index (κ1) is 16.4. The molecule has 1 amide bonds. The van der Waals surface area contributed by atoms with Crippen LogP contribution in [0.1, 0.15) is 16.1 Å². The predicted molar refractivity (Wildman–Crippen MR) is 98.3 cm³/mol. The molecule has 1 aromatic heterocycles. The fourth-order valence-corrected chi connectivity index (χ4v) is 2.94. The summed E-state index contributed by atoms with van der Waals surface area (Å²) in [6.45, 7) is 0. The molecule has 0 aliphatic rings. The van der Waals surface area contributed by atoms with Gasteiger partial charge in [0.15, 0.2) is 0 Å². The molecule has 0 atom stereocenters. The number of nitrogens with one attached hydrogen (secondary N) is 1. The summed E-state index contributed by atoms with van der Waals surface area (Å²) in [4.78, 5) is 11.9. The lowest BCUT2D eigenvalue weighted by Gasteiger charge is -1.97. The van der Waals surface area contributed by atoms with E-state index in [1.165, 1.54) is 17.4 Å². The zero-order chi connectivity index (χ0) is 16.8. The third-order valence-corrected chi connectivity index (χ3v) is 4.28. The number of carbonyl (C=O) groups is 1. The van der Waals surface area contributed by atoms with Gasteiger partial charge in [-0.25, -0.2) is 0 Å². The molecule has 0 aliphatic carbocycles. The molecule has 0 bridgehead atoms. The molecular formula is C18H14ClN3OS. The molecular weight excluding hydrogens is 342 g/mol. The molecule has 1 N–H and O–H groups in total. The minimum absolute atomic E-state index is 0.229. The number of benzene rings is 2. The average molecular weight is 356 g/mol. The number of amides is 1. The van der Waals surface area contributed by atoms with Gasteiger partial charge >= 0.3 is 0 Å². The molecule has 0 spiro atoms. The third kappa shape index (κ3) is 4.75. The number of halogens is 1. The van der Waals surface area contributed by atoms with Crippen LogP contribution in [0.3, 0.4) is 0 Å². The molecule has 0 aliphatic heterocycles. The lowest BCUT2D eigenvalue weighted by atomic mass is 10.2. The van der Waals surface area contributed by atoms with E-state index in [1.807, 2.05) is 54.6 Å². The van der Waals surface area contributed by atoms with Gasteiger partial charge in [-0.2, -0.15) is 0 Å². The Labute approximate surface area is 148 Å². The second kappa shape index (κ2) is 7.86. The van der Waals surface area contributed by atoms with Crippen LogP contribution in [0.25, 0.3) is 6.08 Å². The fourth-order valence-electron chi connectivity index (χ4n) is 2.04. The molecule has 4 nitrogen and oxygen atoms in total. The van der Waals surface area contributed by atoms with E-state index in [2.05, 4.69) is 15.5 Å². The molecule has 6 heteroatoms. The standard InChI is InChI=1S/C18H14ClN3OS/c19-15-9-6-14(7-10-15)12-17-21-22-18(24-17)20-16(23)11-8-13-4-2-1-3-5-13/h1-11H,12H2,(H,20,22,23)/b11-8+. The lowest BCUT2D eigenvalue weighted by Crippen LogP contribution is -2.07. The van der Waals surface area contributed by atoms with Gasteiger partial charge in [-0.15, -0.1) is 10.2 Å². The Hall–Kier alpha value is -2.50. The highest BCUT2D eigenvalue weighted by atomic mass is 35.5. The van der Waals surface area contributed by atoms with Crippen molar-refractivity contribution in [3.63, 3.8) is 0 Å². The van der Waals surface area contributed by atoms with E-state index in [0.717, 1.165) is 16.1 Å². The summed E-state index contributed by atoms with van der Waals surface area (Å²) in [6, 6.07) is 17.2. The van der Waals surface area contributed by atoms with Gasteiger partial charge in [0.2, 0.25) is 11.0 Å². The first-order chi connectivity index (χ1) is 11.7. The van der Waals surface area contributed by atoms with Crippen molar-refractivity contribution >= 4 is 40.1 Å². The zero-order valence-electron chi connectivity index (χ0n) is 12.6. The Balaban J connectivity index is 1.58. The summed E-state index contributed by atoms with van der Waals surface area (Å²) < 4.78 is 0. The summed E-state index contributed by atoms with van der Waals surface area (Å²) in [6.07, 6.45) is 3.89. The van der Waals surface area contributed by atoms with Gasteiger partial charge in [-0.05, 0) is 29.3 Å². The van der Waals surface area contributed by atoms with Gasteiger partial charge in [0, 0.05) is 17.5 Å². The number of carbonyl (C=O) groups excluding carboxylic acids is 1. The molecule has 2 aromatic carbocycles. The molecule has 3 aromatic rings. The van der Waals surface area contributed by atoms with Crippen molar-refractivity contribution in [1.29, 1.82) is 0 Å². The van der Waals surface area contributed by atoms with Crippen LogP contribution in [0, 0.1) is 0 Å². The van der Waals surface area contributed by atoms with Crippen molar-refractivity contribution in [3.05, 3.63) is 81.8 Å². The summed E-state index contributed by atoms with van der Waals surface area (Å²) in [7, 11) is 0. The number of nitrogens with zero attached hydrogens (tertiary/aromatic N) is 2. The van der Waals surface area contributed by atoms with Gasteiger partial charge in [0.25, 0.3) is 0 Å².